The topological polar surface area (TPSA) is 79.3 Å². The molecule has 1 aliphatic heterocycles. The lowest BCUT2D eigenvalue weighted by Crippen LogP contribution is -2.58. The lowest BCUT2D eigenvalue weighted by molar-refractivity contribution is -0.144. The maximum absolute atomic E-state index is 13.2. The lowest BCUT2D eigenvalue weighted by Gasteiger charge is -2.44. The molecule has 1 fully saturated rings. The summed E-state index contributed by atoms with van der Waals surface area (Å²) in [4.78, 5) is 28.1. The highest BCUT2D eigenvalue weighted by atomic mass is 35.5. The highest BCUT2D eigenvalue weighted by Crippen LogP contribution is 2.31. The minimum atomic E-state index is -1.13. The van der Waals surface area contributed by atoms with Crippen LogP contribution in [0.4, 0.5) is 4.39 Å². The molecule has 1 saturated heterocycles. The first-order valence-corrected chi connectivity index (χ1v) is 11.1. The zero-order valence-electron chi connectivity index (χ0n) is 18.8. The Morgan fingerprint density at radius 2 is 1.82 bits per heavy atom. The highest BCUT2D eigenvalue weighted by Gasteiger charge is 2.32. The van der Waals surface area contributed by atoms with Gasteiger partial charge in [-0.2, -0.15) is 0 Å². The van der Waals surface area contributed by atoms with E-state index in [0.29, 0.717) is 24.7 Å². The third-order valence-electron chi connectivity index (χ3n) is 5.64. The number of benzene rings is 2. The number of ether oxygens (including phenoxy) is 2. The number of carbonyl (C=O) groups excluding carboxylic acids is 1. The van der Waals surface area contributed by atoms with Crippen LogP contribution in [0.5, 0.6) is 11.5 Å². The molecule has 7 nitrogen and oxygen atoms in total. The molecule has 3 atom stereocenters. The van der Waals surface area contributed by atoms with E-state index < -0.39 is 12.1 Å². The molecule has 9 heteroatoms. The average molecular weight is 479 g/mol. The molecule has 1 heterocycles. The van der Waals surface area contributed by atoms with Crippen molar-refractivity contribution in [1.82, 2.24) is 9.80 Å². The SMILES string of the molecule is C[C@H](Oc1cc(Cl)ccc1OCC(=O)N1C[C@H](C)N(Cc2ccc(F)cc2)C[C@H]1C)C(=O)O. The number of carboxylic acids is 1. The summed E-state index contributed by atoms with van der Waals surface area (Å²) < 4.78 is 24.3. The quantitative estimate of drug-likeness (QED) is 0.621. The van der Waals surface area contributed by atoms with Crippen molar-refractivity contribution in [2.24, 2.45) is 0 Å². The molecule has 2 aromatic carbocycles. The summed E-state index contributed by atoms with van der Waals surface area (Å²) in [5.41, 5.74) is 1.02. The number of hydrogen-bond donors (Lipinski definition) is 1. The fourth-order valence-corrected chi connectivity index (χ4v) is 3.91. The van der Waals surface area contributed by atoms with Crippen molar-refractivity contribution in [3.05, 3.63) is 58.9 Å². The van der Waals surface area contributed by atoms with Gasteiger partial charge < -0.3 is 19.5 Å². The number of piperazine rings is 1. The normalized spacial score (nSPS) is 19.7. The zero-order valence-corrected chi connectivity index (χ0v) is 19.6. The third-order valence-corrected chi connectivity index (χ3v) is 5.88. The fourth-order valence-electron chi connectivity index (χ4n) is 3.75. The highest BCUT2D eigenvalue weighted by molar-refractivity contribution is 6.30. The largest absolute Gasteiger partial charge is 0.480 e. The fraction of sp³-hybridized carbons (Fsp3) is 0.417. The smallest absolute Gasteiger partial charge is 0.344 e. The van der Waals surface area contributed by atoms with Crippen LogP contribution in [0.1, 0.15) is 26.3 Å². The summed E-state index contributed by atoms with van der Waals surface area (Å²) in [5.74, 6) is -1.16. The summed E-state index contributed by atoms with van der Waals surface area (Å²) in [6.45, 7) is 7.10. The minimum absolute atomic E-state index is 0.0364. The van der Waals surface area contributed by atoms with E-state index in [1.54, 1.807) is 29.2 Å². The number of amides is 1. The van der Waals surface area contributed by atoms with Crippen LogP contribution in [0.3, 0.4) is 0 Å². The predicted molar refractivity (Wildman–Crippen MR) is 122 cm³/mol. The van der Waals surface area contributed by atoms with E-state index in [0.717, 1.165) is 5.56 Å². The van der Waals surface area contributed by atoms with Crippen LogP contribution in [0, 0.1) is 5.82 Å². The van der Waals surface area contributed by atoms with Gasteiger partial charge in [-0.3, -0.25) is 9.69 Å². The second-order valence-electron chi connectivity index (χ2n) is 8.28. The Morgan fingerprint density at radius 1 is 1.12 bits per heavy atom. The van der Waals surface area contributed by atoms with Crippen LogP contribution in [-0.2, 0) is 16.1 Å². The van der Waals surface area contributed by atoms with Crippen LogP contribution < -0.4 is 9.47 Å². The second kappa shape index (κ2) is 10.9. The predicted octanol–water partition coefficient (Wildman–Crippen LogP) is 3.83. The molecule has 1 amide bonds. The van der Waals surface area contributed by atoms with Gasteiger partial charge >= 0.3 is 5.97 Å². The molecule has 178 valence electrons. The molecule has 2 aromatic rings. The van der Waals surface area contributed by atoms with Gasteiger partial charge in [-0.25, -0.2) is 9.18 Å². The van der Waals surface area contributed by atoms with Crippen LogP contribution in [0.15, 0.2) is 42.5 Å². The van der Waals surface area contributed by atoms with E-state index in [9.17, 15) is 14.0 Å². The minimum Gasteiger partial charge on any atom is -0.480 e. The third kappa shape index (κ3) is 6.58. The van der Waals surface area contributed by atoms with Gasteiger partial charge in [0, 0.05) is 42.8 Å². The van der Waals surface area contributed by atoms with Gasteiger partial charge in [0.1, 0.15) is 5.82 Å². The van der Waals surface area contributed by atoms with E-state index in [1.165, 1.54) is 25.1 Å². The number of carbonyl (C=O) groups is 2. The molecular formula is C24H28ClFN2O5. The van der Waals surface area contributed by atoms with Crippen molar-refractivity contribution in [2.75, 3.05) is 19.7 Å². The Bertz CT molecular complexity index is 987. The molecule has 3 rings (SSSR count). The zero-order chi connectivity index (χ0) is 24.1. The number of rotatable bonds is 8. The number of aliphatic carboxylic acids is 1. The molecule has 1 aliphatic rings. The maximum atomic E-state index is 13.2. The Morgan fingerprint density at radius 3 is 2.48 bits per heavy atom. The van der Waals surface area contributed by atoms with Crippen molar-refractivity contribution in [3.8, 4) is 11.5 Å². The van der Waals surface area contributed by atoms with Gasteiger partial charge in [-0.15, -0.1) is 0 Å². The number of halogens is 2. The van der Waals surface area contributed by atoms with Crippen LogP contribution in [0.2, 0.25) is 5.02 Å². The van der Waals surface area contributed by atoms with Crippen LogP contribution in [-0.4, -0.2) is 64.7 Å². The first-order chi connectivity index (χ1) is 15.6. The van der Waals surface area contributed by atoms with E-state index in [4.69, 9.17) is 26.2 Å². The summed E-state index contributed by atoms with van der Waals surface area (Å²) in [6, 6.07) is 11.1. The number of hydrogen-bond acceptors (Lipinski definition) is 5. The van der Waals surface area contributed by atoms with Gasteiger partial charge in [-0.1, -0.05) is 23.7 Å². The van der Waals surface area contributed by atoms with Crippen molar-refractivity contribution < 1.29 is 28.6 Å². The Labute approximate surface area is 197 Å². The van der Waals surface area contributed by atoms with E-state index in [-0.39, 0.29) is 41.9 Å². The van der Waals surface area contributed by atoms with Crippen molar-refractivity contribution in [1.29, 1.82) is 0 Å². The Hall–Kier alpha value is -2.84. The van der Waals surface area contributed by atoms with Gasteiger partial charge in [0.05, 0.1) is 0 Å². The molecule has 0 spiro atoms. The molecule has 0 unspecified atom stereocenters. The average Bonchev–Trinajstić information content (AvgIpc) is 2.76. The maximum Gasteiger partial charge on any atom is 0.344 e. The molecule has 0 saturated carbocycles. The molecule has 0 radical (unpaired) electrons. The Kier molecular flexibility index (Phi) is 8.15. The summed E-state index contributed by atoms with van der Waals surface area (Å²) in [7, 11) is 0. The standard InChI is InChI=1S/C24H28ClFN2O5/c1-15-12-28(16(2)11-27(15)13-18-4-7-20(26)8-5-18)23(29)14-32-21-9-6-19(25)10-22(21)33-17(3)24(30)31/h4-10,15-17H,11-14H2,1-3H3,(H,30,31)/t15-,16+,17-/m0/s1. The van der Waals surface area contributed by atoms with E-state index in [1.807, 2.05) is 6.92 Å². The Balaban J connectivity index is 1.60. The van der Waals surface area contributed by atoms with Gasteiger partial charge in [-0.05, 0) is 50.6 Å². The van der Waals surface area contributed by atoms with E-state index in [2.05, 4.69) is 11.8 Å². The molecule has 0 aromatic heterocycles. The second-order valence-corrected chi connectivity index (χ2v) is 8.71. The van der Waals surface area contributed by atoms with Gasteiger partial charge in [0.15, 0.2) is 24.2 Å². The van der Waals surface area contributed by atoms with E-state index >= 15 is 0 Å². The lowest BCUT2D eigenvalue weighted by atomic mass is 10.1. The molecule has 0 aliphatic carbocycles. The number of nitrogens with zero attached hydrogens (tertiary/aromatic N) is 2. The summed E-state index contributed by atoms with van der Waals surface area (Å²) in [6.07, 6.45) is -1.10. The van der Waals surface area contributed by atoms with Crippen LogP contribution in [0.25, 0.3) is 0 Å². The van der Waals surface area contributed by atoms with Crippen molar-refractivity contribution in [3.63, 3.8) is 0 Å². The molecule has 33 heavy (non-hydrogen) atoms. The van der Waals surface area contributed by atoms with Crippen molar-refractivity contribution >= 4 is 23.5 Å². The van der Waals surface area contributed by atoms with Gasteiger partial charge in [0.2, 0.25) is 0 Å². The first kappa shape index (κ1) is 24.8. The molecule has 0 bridgehead atoms. The number of carboxylic acid groups (broad SMARTS) is 1. The molecule has 1 N–H and O–H groups in total. The van der Waals surface area contributed by atoms with Crippen LogP contribution >= 0.6 is 11.6 Å². The van der Waals surface area contributed by atoms with Crippen molar-refractivity contribution in [2.45, 2.75) is 45.5 Å². The van der Waals surface area contributed by atoms with Gasteiger partial charge in [0.25, 0.3) is 5.91 Å². The first-order valence-electron chi connectivity index (χ1n) is 10.7. The molecular weight excluding hydrogens is 451 g/mol. The summed E-state index contributed by atoms with van der Waals surface area (Å²) >= 11 is 6.00. The monoisotopic (exact) mass is 478 g/mol. The summed E-state index contributed by atoms with van der Waals surface area (Å²) in [5, 5.41) is 9.45.